The number of nitrogens with two attached hydrogens (primary N) is 1. The zero-order valence-electron chi connectivity index (χ0n) is 12.7. The van der Waals surface area contributed by atoms with E-state index in [2.05, 4.69) is 43.9 Å². The molecule has 0 spiro atoms. The van der Waals surface area contributed by atoms with Gasteiger partial charge in [0.05, 0.1) is 0 Å². The maximum Gasteiger partial charge on any atom is 0.0335 e. The highest BCUT2D eigenvalue weighted by Gasteiger charge is 2.37. The van der Waals surface area contributed by atoms with Crippen molar-refractivity contribution in [1.82, 2.24) is 4.90 Å². The second-order valence-corrected chi connectivity index (χ2v) is 6.02. The van der Waals surface area contributed by atoms with Gasteiger partial charge in [0.1, 0.15) is 0 Å². The first kappa shape index (κ1) is 14.5. The SMILES string of the molecule is CCN(Cc1c(C)cccc1C)C1(CN)CCCC1. The van der Waals surface area contributed by atoms with E-state index in [1.807, 2.05) is 0 Å². The average molecular weight is 260 g/mol. The zero-order valence-corrected chi connectivity index (χ0v) is 12.7. The van der Waals surface area contributed by atoms with E-state index in [1.165, 1.54) is 42.4 Å². The molecule has 2 rings (SSSR count). The third-order valence-electron chi connectivity index (χ3n) is 4.96. The summed E-state index contributed by atoms with van der Waals surface area (Å²) in [4.78, 5) is 2.62. The summed E-state index contributed by atoms with van der Waals surface area (Å²) < 4.78 is 0. The maximum absolute atomic E-state index is 6.13. The highest BCUT2D eigenvalue weighted by Crippen LogP contribution is 2.35. The third kappa shape index (κ3) is 2.85. The molecule has 2 nitrogen and oxygen atoms in total. The van der Waals surface area contributed by atoms with Crippen LogP contribution in [-0.4, -0.2) is 23.5 Å². The maximum atomic E-state index is 6.13. The molecule has 2 heteroatoms. The number of rotatable bonds is 5. The van der Waals surface area contributed by atoms with Gasteiger partial charge in [-0.05, 0) is 49.9 Å². The molecule has 0 radical (unpaired) electrons. The van der Waals surface area contributed by atoms with E-state index in [-0.39, 0.29) is 5.54 Å². The standard InChI is InChI=1S/C17H28N2/c1-4-19(17(13-18)10-5-6-11-17)12-16-14(2)8-7-9-15(16)3/h7-9H,4-6,10-13,18H2,1-3H3. The summed E-state index contributed by atoms with van der Waals surface area (Å²) in [7, 11) is 0. The van der Waals surface area contributed by atoms with Crippen molar-refractivity contribution in [1.29, 1.82) is 0 Å². The quantitative estimate of drug-likeness (QED) is 0.879. The van der Waals surface area contributed by atoms with E-state index >= 15 is 0 Å². The van der Waals surface area contributed by atoms with Crippen LogP contribution < -0.4 is 5.73 Å². The Morgan fingerprint density at radius 2 is 1.74 bits per heavy atom. The van der Waals surface area contributed by atoms with Crippen LogP contribution in [0, 0.1) is 13.8 Å². The summed E-state index contributed by atoms with van der Waals surface area (Å²) in [5.41, 5.74) is 10.7. The first-order valence-corrected chi connectivity index (χ1v) is 7.63. The molecule has 1 fully saturated rings. The first-order chi connectivity index (χ1) is 9.13. The van der Waals surface area contributed by atoms with Gasteiger partial charge in [0.15, 0.2) is 0 Å². The van der Waals surface area contributed by atoms with Gasteiger partial charge < -0.3 is 5.73 Å². The lowest BCUT2D eigenvalue weighted by Gasteiger charge is -2.40. The van der Waals surface area contributed by atoms with Gasteiger partial charge in [-0.1, -0.05) is 38.0 Å². The number of benzene rings is 1. The van der Waals surface area contributed by atoms with Crippen LogP contribution in [0.15, 0.2) is 18.2 Å². The lowest BCUT2D eigenvalue weighted by Crippen LogP contribution is -2.51. The normalized spacial score (nSPS) is 18.2. The Hall–Kier alpha value is -0.860. The molecule has 0 heterocycles. The fourth-order valence-corrected chi connectivity index (χ4v) is 3.59. The molecule has 0 amide bonds. The van der Waals surface area contributed by atoms with Crippen molar-refractivity contribution in [2.45, 2.75) is 58.5 Å². The minimum absolute atomic E-state index is 0.253. The molecule has 0 aromatic heterocycles. The second kappa shape index (κ2) is 6.06. The Kier molecular flexibility index (Phi) is 4.64. The Labute approximate surface area is 118 Å². The molecule has 2 N–H and O–H groups in total. The molecule has 1 aromatic rings. The molecule has 1 saturated carbocycles. The molecule has 1 aromatic carbocycles. The van der Waals surface area contributed by atoms with Gasteiger partial charge in [-0.25, -0.2) is 0 Å². The smallest absolute Gasteiger partial charge is 0.0335 e. The zero-order chi connectivity index (χ0) is 13.9. The molecule has 0 saturated heterocycles. The number of hydrogen-bond donors (Lipinski definition) is 1. The van der Waals surface area contributed by atoms with Crippen molar-refractivity contribution in [3.8, 4) is 0 Å². The summed E-state index contributed by atoms with van der Waals surface area (Å²) in [5.74, 6) is 0. The number of aryl methyl sites for hydroxylation is 2. The van der Waals surface area contributed by atoms with Crippen molar-refractivity contribution in [3.05, 3.63) is 34.9 Å². The number of hydrogen-bond acceptors (Lipinski definition) is 2. The Balaban J connectivity index is 2.24. The molecular formula is C17H28N2. The second-order valence-electron chi connectivity index (χ2n) is 6.02. The lowest BCUT2D eigenvalue weighted by atomic mass is 9.93. The minimum Gasteiger partial charge on any atom is -0.329 e. The highest BCUT2D eigenvalue weighted by molar-refractivity contribution is 5.33. The summed E-state index contributed by atoms with van der Waals surface area (Å²) in [6.07, 6.45) is 5.20. The van der Waals surface area contributed by atoms with E-state index in [9.17, 15) is 0 Å². The van der Waals surface area contributed by atoms with Gasteiger partial charge >= 0.3 is 0 Å². The van der Waals surface area contributed by atoms with Crippen LogP contribution in [0.3, 0.4) is 0 Å². The van der Waals surface area contributed by atoms with Gasteiger partial charge in [-0.2, -0.15) is 0 Å². The first-order valence-electron chi connectivity index (χ1n) is 7.63. The highest BCUT2D eigenvalue weighted by atomic mass is 15.2. The van der Waals surface area contributed by atoms with Crippen LogP contribution in [0.5, 0.6) is 0 Å². The van der Waals surface area contributed by atoms with Crippen LogP contribution in [0.25, 0.3) is 0 Å². The van der Waals surface area contributed by atoms with Gasteiger partial charge in [0.25, 0.3) is 0 Å². The molecule has 0 aliphatic heterocycles. The average Bonchev–Trinajstić information content (AvgIpc) is 2.88. The summed E-state index contributed by atoms with van der Waals surface area (Å²) >= 11 is 0. The Morgan fingerprint density at radius 1 is 1.16 bits per heavy atom. The van der Waals surface area contributed by atoms with Gasteiger partial charge in [-0.15, -0.1) is 0 Å². The predicted octanol–water partition coefficient (Wildman–Crippen LogP) is 3.40. The fourth-order valence-electron chi connectivity index (χ4n) is 3.59. The van der Waals surface area contributed by atoms with Gasteiger partial charge in [0.2, 0.25) is 0 Å². The third-order valence-corrected chi connectivity index (χ3v) is 4.96. The summed E-state index contributed by atoms with van der Waals surface area (Å²) in [6, 6.07) is 6.60. The molecule has 1 aliphatic rings. The van der Waals surface area contributed by atoms with Crippen LogP contribution in [0.2, 0.25) is 0 Å². The molecule has 0 bridgehead atoms. The van der Waals surface area contributed by atoms with Crippen molar-refractivity contribution in [3.63, 3.8) is 0 Å². The fraction of sp³-hybridized carbons (Fsp3) is 0.647. The molecule has 0 unspecified atom stereocenters. The van der Waals surface area contributed by atoms with Crippen molar-refractivity contribution in [2.24, 2.45) is 5.73 Å². The van der Waals surface area contributed by atoms with Crippen LogP contribution in [0.1, 0.15) is 49.3 Å². The largest absolute Gasteiger partial charge is 0.329 e. The van der Waals surface area contributed by atoms with Crippen molar-refractivity contribution >= 4 is 0 Å². The van der Waals surface area contributed by atoms with E-state index in [0.29, 0.717) is 0 Å². The van der Waals surface area contributed by atoms with Crippen molar-refractivity contribution < 1.29 is 0 Å². The number of nitrogens with zero attached hydrogens (tertiary/aromatic N) is 1. The van der Waals surface area contributed by atoms with E-state index < -0.39 is 0 Å². The van der Waals surface area contributed by atoms with Crippen LogP contribution in [0.4, 0.5) is 0 Å². The van der Waals surface area contributed by atoms with Crippen LogP contribution in [-0.2, 0) is 6.54 Å². The van der Waals surface area contributed by atoms with E-state index in [1.54, 1.807) is 0 Å². The Morgan fingerprint density at radius 3 is 2.21 bits per heavy atom. The van der Waals surface area contributed by atoms with Crippen LogP contribution >= 0.6 is 0 Å². The minimum atomic E-state index is 0.253. The van der Waals surface area contributed by atoms with E-state index in [0.717, 1.165) is 19.6 Å². The summed E-state index contributed by atoms with van der Waals surface area (Å²) in [5, 5.41) is 0. The monoisotopic (exact) mass is 260 g/mol. The Bertz CT molecular complexity index is 399. The molecule has 0 atom stereocenters. The molecule has 19 heavy (non-hydrogen) atoms. The number of likely N-dealkylation sites (N-methyl/N-ethyl adjacent to an activating group) is 1. The molecular weight excluding hydrogens is 232 g/mol. The topological polar surface area (TPSA) is 29.3 Å². The molecule has 1 aliphatic carbocycles. The van der Waals surface area contributed by atoms with Crippen molar-refractivity contribution in [2.75, 3.05) is 13.1 Å². The van der Waals surface area contributed by atoms with E-state index in [4.69, 9.17) is 5.73 Å². The van der Waals surface area contributed by atoms with Gasteiger partial charge in [-0.3, -0.25) is 4.90 Å². The molecule has 106 valence electrons. The summed E-state index contributed by atoms with van der Waals surface area (Å²) in [6.45, 7) is 9.65. The lowest BCUT2D eigenvalue weighted by molar-refractivity contribution is 0.0967. The predicted molar refractivity (Wildman–Crippen MR) is 82.3 cm³/mol. The van der Waals surface area contributed by atoms with Gasteiger partial charge in [0, 0.05) is 18.6 Å².